The summed E-state index contributed by atoms with van der Waals surface area (Å²) >= 11 is 6.54. The van der Waals surface area contributed by atoms with E-state index >= 15 is 0 Å². The Kier molecular flexibility index (Phi) is 8.33. The van der Waals surface area contributed by atoms with Crippen LogP contribution in [0.25, 0.3) is 6.08 Å². The van der Waals surface area contributed by atoms with Crippen molar-refractivity contribution in [2.24, 2.45) is 0 Å². The first-order valence-corrected chi connectivity index (χ1v) is 12.5. The fraction of sp³-hybridized carbons (Fsp3) is 0.207. The van der Waals surface area contributed by atoms with Gasteiger partial charge >= 0.3 is 6.03 Å². The molecule has 38 heavy (non-hydrogen) atoms. The van der Waals surface area contributed by atoms with Crippen LogP contribution in [0, 0.1) is 6.92 Å². The predicted octanol–water partition coefficient (Wildman–Crippen LogP) is 5.69. The molecule has 196 valence electrons. The third-order valence-corrected chi connectivity index (χ3v) is 5.93. The Bertz CT molecular complexity index is 1380. The second-order valence-corrected chi connectivity index (χ2v) is 8.83. The summed E-state index contributed by atoms with van der Waals surface area (Å²) in [7, 11) is 0. The van der Waals surface area contributed by atoms with Gasteiger partial charge in [-0.1, -0.05) is 41.4 Å². The first-order chi connectivity index (χ1) is 18.3. The quantitative estimate of drug-likeness (QED) is 0.280. The number of rotatable bonds is 9. The van der Waals surface area contributed by atoms with Crippen molar-refractivity contribution in [3.63, 3.8) is 0 Å². The van der Waals surface area contributed by atoms with Gasteiger partial charge in [0.2, 0.25) is 0 Å². The zero-order valence-electron chi connectivity index (χ0n) is 21.2. The van der Waals surface area contributed by atoms with E-state index in [-0.39, 0.29) is 17.2 Å². The molecular weight excluding hydrogens is 508 g/mol. The summed E-state index contributed by atoms with van der Waals surface area (Å²) in [4.78, 5) is 39.3. The number of carbonyl (C=O) groups excluding carboxylic acids is 3. The van der Waals surface area contributed by atoms with Gasteiger partial charge in [-0.3, -0.25) is 14.9 Å². The number of carbonyl (C=O) groups is 3. The molecular formula is C29H27ClN2O6. The fourth-order valence-electron chi connectivity index (χ4n) is 3.83. The Hall–Kier alpha value is -4.30. The van der Waals surface area contributed by atoms with Crippen molar-refractivity contribution in [1.82, 2.24) is 5.32 Å². The van der Waals surface area contributed by atoms with Crippen LogP contribution < -0.4 is 24.4 Å². The molecule has 0 aliphatic carbocycles. The molecule has 3 aromatic carbocycles. The molecule has 1 fully saturated rings. The van der Waals surface area contributed by atoms with E-state index in [1.165, 1.54) is 6.08 Å². The zero-order chi connectivity index (χ0) is 27.2. The Morgan fingerprint density at radius 2 is 1.58 bits per heavy atom. The van der Waals surface area contributed by atoms with Gasteiger partial charge in [-0.15, -0.1) is 0 Å². The molecule has 1 aliphatic heterocycles. The monoisotopic (exact) mass is 534 g/mol. The molecule has 0 saturated carbocycles. The second kappa shape index (κ2) is 11.8. The third-order valence-electron chi connectivity index (χ3n) is 5.65. The van der Waals surface area contributed by atoms with Crippen LogP contribution in [0.4, 0.5) is 10.5 Å². The third kappa shape index (κ3) is 5.98. The normalized spacial score (nSPS) is 14.5. The summed E-state index contributed by atoms with van der Waals surface area (Å²) in [5.41, 5.74) is 2.60. The van der Waals surface area contributed by atoms with E-state index in [1.54, 1.807) is 36.4 Å². The van der Waals surface area contributed by atoms with E-state index in [4.69, 9.17) is 25.8 Å². The zero-order valence-corrected chi connectivity index (χ0v) is 22.0. The Morgan fingerprint density at radius 3 is 2.24 bits per heavy atom. The molecule has 0 atom stereocenters. The summed E-state index contributed by atoms with van der Waals surface area (Å²) in [5.74, 6) is -0.271. The Balaban J connectivity index is 1.63. The second-order valence-electron chi connectivity index (χ2n) is 8.42. The molecule has 0 bridgehead atoms. The number of anilines is 1. The van der Waals surface area contributed by atoms with Gasteiger partial charge in [-0.2, -0.15) is 0 Å². The molecule has 4 amide bonds. The van der Waals surface area contributed by atoms with Crippen LogP contribution in [0.15, 0.2) is 66.2 Å². The SMILES string of the molecule is CCOc1ccc(N2C(=O)NC(=O)/C(=C\c3cc(Cl)c(OCc4ccc(C)cc4)c(OCC)c3)C2=O)cc1. The number of benzene rings is 3. The molecule has 0 spiro atoms. The maximum Gasteiger partial charge on any atom is 0.335 e. The molecule has 1 saturated heterocycles. The Morgan fingerprint density at radius 1 is 0.895 bits per heavy atom. The maximum absolute atomic E-state index is 13.3. The van der Waals surface area contributed by atoms with E-state index in [9.17, 15) is 14.4 Å². The first kappa shape index (κ1) is 26.8. The van der Waals surface area contributed by atoms with Crippen molar-refractivity contribution in [3.8, 4) is 17.2 Å². The summed E-state index contributed by atoms with van der Waals surface area (Å²) < 4.78 is 17.1. The topological polar surface area (TPSA) is 94.2 Å². The van der Waals surface area contributed by atoms with Crippen LogP contribution in [0.1, 0.15) is 30.5 Å². The highest BCUT2D eigenvalue weighted by atomic mass is 35.5. The van der Waals surface area contributed by atoms with Crippen molar-refractivity contribution in [2.45, 2.75) is 27.4 Å². The van der Waals surface area contributed by atoms with Gasteiger partial charge in [-0.05, 0) is 74.4 Å². The number of aryl methyl sites for hydroxylation is 1. The van der Waals surface area contributed by atoms with Crippen molar-refractivity contribution in [1.29, 1.82) is 0 Å². The average molecular weight is 535 g/mol. The van der Waals surface area contributed by atoms with Gasteiger partial charge in [0.15, 0.2) is 11.5 Å². The minimum atomic E-state index is -0.839. The summed E-state index contributed by atoms with van der Waals surface area (Å²) in [6.07, 6.45) is 1.36. The van der Waals surface area contributed by atoms with Gasteiger partial charge in [0.25, 0.3) is 11.8 Å². The number of hydrogen-bond donors (Lipinski definition) is 1. The van der Waals surface area contributed by atoms with E-state index in [2.05, 4.69) is 5.32 Å². The van der Waals surface area contributed by atoms with E-state index < -0.39 is 17.8 Å². The minimum absolute atomic E-state index is 0.231. The van der Waals surface area contributed by atoms with Crippen molar-refractivity contribution in [3.05, 3.63) is 87.9 Å². The molecule has 8 nitrogen and oxygen atoms in total. The first-order valence-electron chi connectivity index (χ1n) is 12.1. The number of nitrogens with zero attached hydrogens (tertiary/aromatic N) is 1. The van der Waals surface area contributed by atoms with E-state index in [1.807, 2.05) is 45.0 Å². The maximum atomic E-state index is 13.3. The predicted molar refractivity (Wildman–Crippen MR) is 145 cm³/mol. The smallest absolute Gasteiger partial charge is 0.335 e. The average Bonchev–Trinajstić information content (AvgIpc) is 2.88. The standard InChI is InChI=1S/C29H27ClN2O6/c1-4-36-22-12-10-21(11-13-22)32-28(34)23(27(33)31-29(32)35)14-20-15-24(30)26(25(16-20)37-5-2)38-17-19-8-6-18(3)7-9-19/h6-16H,4-5,17H2,1-3H3,(H,31,33,35)/b23-14+. The lowest BCUT2D eigenvalue weighted by Gasteiger charge is -2.26. The lowest BCUT2D eigenvalue weighted by Crippen LogP contribution is -2.54. The molecule has 0 unspecified atom stereocenters. The number of imide groups is 2. The number of halogens is 1. The highest BCUT2D eigenvalue weighted by Gasteiger charge is 2.37. The highest BCUT2D eigenvalue weighted by molar-refractivity contribution is 6.39. The molecule has 1 N–H and O–H groups in total. The largest absolute Gasteiger partial charge is 0.494 e. The summed E-state index contributed by atoms with van der Waals surface area (Å²) in [6, 6.07) is 16.7. The molecule has 1 aliphatic rings. The van der Waals surface area contributed by atoms with Crippen molar-refractivity contribution in [2.75, 3.05) is 18.1 Å². The number of hydrogen-bond acceptors (Lipinski definition) is 6. The molecule has 0 radical (unpaired) electrons. The van der Waals surface area contributed by atoms with Gasteiger partial charge in [0.05, 0.1) is 23.9 Å². The molecule has 1 heterocycles. The number of ether oxygens (including phenoxy) is 3. The van der Waals surface area contributed by atoms with Gasteiger partial charge in [-0.25, -0.2) is 9.69 Å². The van der Waals surface area contributed by atoms with Crippen LogP contribution in [-0.2, 0) is 16.2 Å². The fourth-order valence-corrected chi connectivity index (χ4v) is 4.10. The summed E-state index contributed by atoms with van der Waals surface area (Å²) in [5, 5.41) is 2.46. The highest BCUT2D eigenvalue weighted by Crippen LogP contribution is 2.38. The number of barbiturate groups is 1. The van der Waals surface area contributed by atoms with Crippen LogP contribution in [-0.4, -0.2) is 31.1 Å². The van der Waals surface area contributed by atoms with Crippen molar-refractivity contribution < 1.29 is 28.6 Å². The summed E-state index contributed by atoms with van der Waals surface area (Å²) in [6.45, 7) is 6.78. The lowest BCUT2D eigenvalue weighted by atomic mass is 10.1. The van der Waals surface area contributed by atoms with Gasteiger partial charge < -0.3 is 14.2 Å². The van der Waals surface area contributed by atoms with Crippen LogP contribution >= 0.6 is 11.6 Å². The van der Waals surface area contributed by atoms with Crippen LogP contribution in [0.3, 0.4) is 0 Å². The number of urea groups is 1. The van der Waals surface area contributed by atoms with Gasteiger partial charge in [0, 0.05) is 0 Å². The molecule has 4 rings (SSSR count). The van der Waals surface area contributed by atoms with Crippen LogP contribution in [0.5, 0.6) is 17.2 Å². The molecule has 0 aromatic heterocycles. The van der Waals surface area contributed by atoms with E-state index in [0.717, 1.165) is 16.0 Å². The molecule has 3 aromatic rings. The van der Waals surface area contributed by atoms with Crippen molar-refractivity contribution >= 4 is 41.2 Å². The lowest BCUT2D eigenvalue weighted by molar-refractivity contribution is -0.122. The Labute approximate surface area is 225 Å². The minimum Gasteiger partial charge on any atom is -0.494 e. The number of nitrogens with one attached hydrogen (secondary N) is 1. The van der Waals surface area contributed by atoms with Crippen LogP contribution in [0.2, 0.25) is 5.02 Å². The van der Waals surface area contributed by atoms with Gasteiger partial charge in [0.1, 0.15) is 17.9 Å². The van der Waals surface area contributed by atoms with E-state index in [0.29, 0.717) is 41.7 Å². The number of amides is 4. The molecule has 9 heteroatoms.